The number of aliphatic hydroxyl groups excluding tert-OH is 1. The average Bonchev–Trinajstić information content (AvgIpc) is 2.53. The maximum absolute atomic E-state index is 8.91. The van der Waals surface area contributed by atoms with E-state index >= 15 is 0 Å². The SMILES string of the molecule is CC(C)CC1C=CC(C(C)(C)C2C=CC(OCC(O)O)CC2)CC1. The molecule has 2 aliphatic rings. The van der Waals surface area contributed by atoms with Gasteiger partial charge >= 0.3 is 0 Å². The lowest BCUT2D eigenvalue weighted by Crippen LogP contribution is -2.35. The summed E-state index contributed by atoms with van der Waals surface area (Å²) in [6.07, 6.45) is 14.0. The van der Waals surface area contributed by atoms with Crippen LogP contribution in [0.25, 0.3) is 0 Å². The molecule has 0 aromatic heterocycles. The number of hydrogen-bond acceptors (Lipinski definition) is 3. The van der Waals surface area contributed by atoms with Gasteiger partial charge in [-0.15, -0.1) is 0 Å². The van der Waals surface area contributed by atoms with Crippen LogP contribution in [0.15, 0.2) is 24.3 Å². The second-order valence-electron chi connectivity index (χ2n) is 8.70. The van der Waals surface area contributed by atoms with Crippen molar-refractivity contribution in [1.82, 2.24) is 0 Å². The second-order valence-corrected chi connectivity index (χ2v) is 8.70. The molecule has 0 amide bonds. The number of hydrogen-bond donors (Lipinski definition) is 2. The van der Waals surface area contributed by atoms with Crippen molar-refractivity contribution in [3.05, 3.63) is 24.3 Å². The van der Waals surface area contributed by atoms with Gasteiger partial charge in [0.1, 0.15) is 0 Å². The highest BCUT2D eigenvalue weighted by atomic mass is 16.5. The molecule has 0 saturated heterocycles. The van der Waals surface area contributed by atoms with Crippen LogP contribution in [-0.2, 0) is 4.74 Å². The molecule has 0 aliphatic heterocycles. The zero-order valence-corrected chi connectivity index (χ0v) is 15.8. The van der Waals surface area contributed by atoms with E-state index in [1.165, 1.54) is 19.3 Å². The molecule has 138 valence electrons. The Bertz CT molecular complexity index is 436. The van der Waals surface area contributed by atoms with E-state index in [1.807, 2.05) is 0 Å². The molecular formula is C21H36O3. The average molecular weight is 337 g/mol. The Morgan fingerprint density at radius 1 is 0.958 bits per heavy atom. The molecule has 0 heterocycles. The molecule has 0 bridgehead atoms. The van der Waals surface area contributed by atoms with E-state index in [0.29, 0.717) is 11.8 Å². The topological polar surface area (TPSA) is 49.7 Å². The summed E-state index contributed by atoms with van der Waals surface area (Å²) in [6.45, 7) is 9.42. The van der Waals surface area contributed by atoms with E-state index in [9.17, 15) is 0 Å². The molecule has 2 rings (SSSR count). The Hall–Kier alpha value is -0.640. The van der Waals surface area contributed by atoms with E-state index in [4.69, 9.17) is 14.9 Å². The van der Waals surface area contributed by atoms with E-state index < -0.39 is 6.29 Å². The summed E-state index contributed by atoms with van der Waals surface area (Å²) in [5, 5.41) is 17.8. The van der Waals surface area contributed by atoms with Crippen LogP contribution in [0.2, 0.25) is 0 Å². The van der Waals surface area contributed by atoms with Gasteiger partial charge in [0, 0.05) is 0 Å². The quantitative estimate of drug-likeness (QED) is 0.538. The summed E-state index contributed by atoms with van der Waals surface area (Å²) in [7, 11) is 0. The summed E-state index contributed by atoms with van der Waals surface area (Å²) in [5.41, 5.74) is 0.261. The highest BCUT2D eigenvalue weighted by molar-refractivity contribution is 5.10. The van der Waals surface area contributed by atoms with Gasteiger partial charge < -0.3 is 14.9 Å². The first-order valence-corrected chi connectivity index (χ1v) is 9.63. The summed E-state index contributed by atoms with van der Waals surface area (Å²) < 4.78 is 5.50. The van der Waals surface area contributed by atoms with Gasteiger partial charge in [-0.05, 0) is 61.2 Å². The van der Waals surface area contributed by atoms with Crippen LogP contribution in [0.3, 0.4) is 0 Å². The van der Waals surface area contributed by atoms with E-state index in [-0.39, 0.29) is 18.1 Å². The molecule has 0 aromatic rings. The molecule has 0 spiro atoms. The molecule has 0 radical (unpaired) electrons. The molecule has 2 aliphatic carbocycles. The summed E-state index contributed by atoms with van der Waals surface area (Å²) in [5.74, 6) is 2.75. The van der Waals surface area contributed by atoms with E-state index in [2.05, 4.69) is 52.0 Å². The molecule has 4 unspecified atom stereocenters. The normalized spacial score (nSPS) is 31.2. The van der Waals surface area contributed by atoms with E-state index in [0.717, 1.165) is 24.7 Å². The molecule has 0 fully saturated rings. The molecule has 2 N–H and O–H groups in total. The highest BCUT2D eigenvalue weighted by Crippen LogP contribution is 2.46. The Morgan fingerprint density at radius 2 is 1.58 bits per heavy atom. The van der Waals surface area contributed by atoms with Crippen LogP contribution >= 0.6 is 0 Å². The number of ether oxygens (including phenoxy) is 1. The molecule has 0 saturated carbocycles. The van der Waals surface area contributed by atoms with Crippen molar-refractivity contribution in [2.45, 2.75) is 72.2 Å². The molecule has 0 aromatic carbocycles. The van der Waals surface area contributed by atoms with Gasteiger partial charge in [-0.2, -0.15) is 0 Å². The van der Waals surface area contributed by atoms with Crippen molar-refractivity contribution in [1.29, 1.82) is 0 Å². The third kappa shape index (κ3) is 5.44. The van der Waals surface area contributed by atoms with Gasteiger partial charge in [-0.1, -0.05) is 52.0 Å². The van der Waals surface area contributed by atoms with Crippen molar-refractivity contribution in [2.24, 2.45) is 29.1 Å². The first kappa shape index (κ1) is 19.7. The zero-order valence-electron chi connectivity index (χ0n) is 15.8. The van der Waals surface area contributed by atoms with Crippen LogP contribution in [0.4, 0.5) is 0 Å². The fourth-order valence-corrected chi connectivity index (χ4v) is 4.34. The van der Waals surface area contributed by atoms with Crippen molar-refractivity contribution < 1.29 is 14.9 Å². The van der Waals surface area contributed by atoms with Crippen LogP contribution in [0, 0.1) is 29.1 Å². The summed E-state index contributed by atoms with van der Waals surface area (Å²) >= 11 is 0. The standard InChI is InChI=1S/C21H36O3/c1-15(2)13-16-5-7-17(8-6-16)21(3,4)18-9-11-19(12-10-18)24-14-20(22)23/h5,7,9,11,15-20,22-23H,6,8,10,12-14H2,1-4H3. The minimum absolute atomic E-state index is 0.00827. The third-order valence-electron chi connectivity index (χ3n) is 5.93. The van der Waals surface area contributed by atoms with Gasteiger partial charge in [-0.3, -0.25) is 0 Å². The predicted molar refractivity (Wildman–Crippen MR) is 98.4 cm³/mol. The maximum atomic E-state index is 8.91. The van der Waals surface area contributed by atoms with Crippen molar-refractivity contribution >= 4 is 0 Å². The zero-order chi connectivity index (χ0) is 17.7. The molecule has 3 nitrogen and oxygen atoms in total. The first-order chi connectivity index (χ1) is 11.3. The molecular weight excluding hydrogens is 300 g/mol. The van der Waals surface area contributed by atoms with Gasteiger partial charge in [-0.25, -0.2) is 0 Å². The van der Waals surface area contributed by atoms with Crippen molar-refractivity contribution in [3.8, 4) is 0 Å². The molecule has 3 heteroatoms. The number of allylic oxidation sites excluding steroid dienone is 3. The predicted octanol–water partition coefficient (Wildman–Crippen LogP) is 4.30. The molecule has 4 atom stereocenters. The minimum atomic E-state index is -1.38. The first-order valence-electron chi connectivity index (χ1n) is 9.63. The lowest BCUT2D eigenvalue weighted by Gasteiger charge is -2.42. The highest BCUT2D eigenvalue weighted by Gasteiger charge is 2.37. The van der Waals surface area contributed by atoms with Crippen LogP contribution < -0.4 is 0 Å². The number of rotatable bonds is 7. The fraction of sp³-hybridized carbons (Fsp3) is 0.810. The van der Waals surface area contributed by atoms with Crippen LogP contribution in [0.1, 0.15) is 59.8 Å². The van der Waals surface area contributed by atoms with Crippen molar-refractivity contribution in [3.63, 3.8) is 0 Å². The Morgan fingerprint density at radius 3 is 2.04 bits per heavy atom. The maximum Gasteiger partial charge on any atom is 0.175 e. The Balaban J connectivity index is 1.90. The van der Waals surface area contributed by atoms with Gasteiger partial charge in [0.15, 0.2) is 6.29 Å². The fourth-order valence-electron chi connectivity index (χ4n) is 4.34. The van der Waals surface area contributed by atoms with Gasteiger partial charge in [0.25, 0.3) is 0 Å². The van der Waals surface area contributed by atoms with Crippen LogP contribution in [0.5, 0.6) is 0 Å². The van der Waals surface area contributed by atoms with Crippen LogP contribution in [-0.4, -0.2) is 29.2 Å². The third-order valence-corrected chi connectivity index (χ3v) is 5.93. The van der Waals surface area contributed by atoms with Gasteiger partial charge in [0.2, 0.25) is 0 Å². The lowest BCUT2D eigenvalue weighted by molar-refractivity contribution is -0.107. The largest absolute Gasteiger partial charge is 0.369 e. The number of aliphatic hydroxyl groups is 2. The smallest absolute Gasteiger partial charge is 0.175 e. The summed E-state index contributed by atoms with van der Waals surface area (Å²) in [4.78, 5) is 0. The Labute approximate surface area is 147 Å². The van der Waals surface area contributed by atoms with E-state index in [1.54, 1.807) is 0 Å². The second kappa shape index (κ2) is 8.64. The van der Waals surface area contributed by atoms with Crippen molar-refractivity contribution in [2.75, 3.05) is 6.61 Å². The molecule has 24 heavy (non-hydrogen) atoms. The lowest BCUT2D eigenvalue weighted by atomic mass is 9.63. The minimum Gasteiger partial charge on any atom is -0.369 e. The summed E-state index contributed by atoms with van der Waals surface area (Å²) in [6, 6.07) is 0. The Kier molecular flexibility index (Phi) is 7.09. The monoisotopic (exact) mass is 336 g/mol. The van der Waals surface area contributed by atoms with Gasteiger partial charge in [0.05, 0.1) is 12.7 Å².